The summed E-state index contributed by atoms with van der Waals surface area (Å²) in [5, 5.41) is 3.73. The van der Waals surface area contributed by atoms with Gasteiger partial charge in [-0.15, -0.1) is 0 Å². The lowest BCUT2D eigenvalue weighted by atomic mass is 10.0. The maximum atomic E-state index is 14.2. The number of nitrogens with zero attached hydrogens (tertiary/aromatic N) is 2. The number of nitrogens with one attached hydrogen (secondary N) is 1. The summed E-state index contributed by atoms with van der Waals surface area (Å²) >= 11 is 12.6. The second-order valence-electron chi connectivity index (χ2n) is 10.7. The van der Waals surface area contributed by atoms with E-state index in [4.69, 9.17) is 23.2 Å². The molecule has 0 fully saturated rings. The molecule has 0 saturated heterocycles. The first-order chi connectivity index (χ1) is 19.3. The van der Waals surface area contributed by atoms with Gasteiger partial charge in [-0.05, 0) is 54.7 Å². The van der Waals surface area contributed by atoms with Crippen molar-refractivity contribution < 1.29 is 18.0 Å². The lowest BCUT2D eigenvalue weighted by Gasteiger charge is -2.34. The molecule has 0 aromatic heterocycles. The zero-order chi connectivity index (χ0) is 30.3. The van der Waals surface area contributed by atoms with Crippen LogP contribution in [0.4, 0.5) is 5.69 Å². The van der Waals surface area contributed by atoms with E-state index in [1.807, 2.05) is 57.2 Å². The van der Waals surface area contributed by atoms with E-state index in [1.54, 1.807) is 37.3 Å². The largest absolute Gasteiger partial charge is 0.354 e. The van der Waals surface area contributed by atoms with Gasteiger partial charge >= 0.3 is 0 Å². The van der Waals surface area contributed by atoms with Crippen LogP contribution in [0.25, 0.3) is 0 Å². The number of rotatable bonds is 12. The Morgan fingerprint density at radius 3 is 2.22 bits per heavy atom. The average Bonchev–Trinajstić information content (AvgIpc) is 2.89. The van der Waals surface area contributed by atoms with Gasteiger partial charge in [-0.1, -0.05) is 91.1 Å². The summed E-state index contributed by atoms with van der Waals surface area (Å²) in [5.74, 6) is -0.683. The molecule has 1 N–H and O–H groups in total. The number of carbonyl (C=O) groups is 2. The Labute approximate surface area is 253 Å². The number of hydrogen-bond donors (Lipinski definition) is 1. The van der Waals surface area contributed by atoms with Gasteiger partial charge in [0.15, 0.2) is 0 Å². The van der Waals surface area contributed by atoms with E-state index < -0.39 is 28.5 Å². The third-order valence-electron chi connectivity index (χ3n) is 6.61. The topological polar surface area (TPSA) is 86.8 Å². The molecule has 0 aliphatic carbocycles. The summed E-state index contributed by atoms with van der Waals surface area (Å²) in [5.41, 5.74) is 3.52. The average molecular weight is 619 g/mol. The van der Waals surface area contributed by atoms with Gasteiger partial charge < -0.3 is 10.2 Å². The molecule has 7 nitrogen and oxygen atoms in total. The molecule has 3 aromatic carbocycles. The van der Waals surface area contributed by atoms with Crippen molar-refractivity contribution in [3.05, 3.63) is 99.0 Å². The molecule has 1 atom stereocenters. The van der Waals surface area contributed by atoms with Crippen LogP contribution in [0.3, 0.4) is 0 Å². The first-order valence-electron chi connectivity index (χ1n) is 13.4. The van der Waals surface area contributed by atoms with Gasteiger partial charge in [0.05, 0.1) is 11.9 Å². The summed E-state index contributed by atoms with van der Waals surface area (Å²) in [6.07, 6.45) is 1.29. The van der Waals surface area contributed by atoms with Crippen molar-refractivity contribution in [3.63, 3.8) is 0 Å². The van der Waals surface area contributed by atoms with Gasteiger partial charge in [0, 0.05) is 29.6 Å². The molecule has 1 unspecified atom stereocenters. The molecule has 2 amide bonds. The van der Waals surface area contributed by atoms with Gasteiger partial charge in [0.25, 0.3) is 0 Å². The number of amides is 2. The molecule has 41 heavy (non-hydrogen) atoms. The number of aryl methyl sites for hydroxylation is 2. The molecule has 0 saturated carbocycles. The first kappa shape index (κ1) is 32.4. The number of carbonyl (C=O) groups excluding carboxylic acids is 2. The quantitative estimate of drug-likeness (QED) is 0.279. The number of sulfonamides is 1. The van der Waals surface area contributed by atoms with Crippen LogP contribution in [0.1, 0.15) is 36.1 Å². The maximum absolute atomic E-state index is 14.2. The minimum Gasteiger partial charge on any atom is -0.354 e. The molecular weight excluding hydrogens is 581 g/mol. The summed E-state index contributed by atoms with van der Waals surface area (Å²) < 4.78 is 27.1. The fourth-order valence-corrected chi connectivity index (χ4v) is 5.87. The van der Waals surface area contributed by atoms with Crippen LogP contribution in [0.5, 0.6) is 0 Å². The lowest BCUT2D eigenvalue weighted by molar-refractivity contribution is -0.140. The van der Waals surface area contributed by atoms with E-state index in [9.17, 15) is 18.0 Å². The van der Waals surface area contributed by atoms with Gasteiger partial charge in [0.2, 0.25) is 21.8 Å². The highest BCUT2D eigenvalue weighted by molar-refractivity contribution is 7.92. The zero-order valence-corrected chi connectivity index (χ0v) is 26.4. The second kappa shape index (κ2) is 14.2. The molecule has 0 aliphatic heterocycles. The van der Waals surface area contributed by atoms with Crippen molar-refractivity contribution in [2.24, 2.45) is 5.92 Å². The van der Waals surface area contributed by atoms with Crippen LogP contribution in [0.2, 0.25) is 10.0 Å². The number of benzene rings is 3. The van der Waals surface area contributed by atoms with E-state index >= 15 is 0 Å². The molecule has 3 rings (SSSR count). The molecule has 3 aromatic rings. The predicted octanol–water partition coefficient (Wildman–Crippen LogP) is 5.79. The summed E-state index contributed by atoms with van der Waals surface area (Å²) in [7, 11) is -3.85. The van der Waals surface area contributed by atoms with Crippen LogP contribution in [-0.2, 0) is 32.6 Å². The molecule has 0 radical (unpaired) electrons. The molecule has 0 heterocycles. The van der Waals surface area contributed by atoms with Crippen LogP contribution in [0, 0.1) is 19.8 Å². The lowest BCUT2D eigenvalue weighted by Crippen LogP contribution is -2.53. The molecular formula is C31H37Cl2N3O4S. The van der Waals surface area contributed by atoms with E-state index in [0.717, 1.165) is 21.7 Å². The molecule has 0 spiro atoms. The van der Waals surface area contributed by atoms with Crippen LogP contribution in [0.15, 0.2) is 66.7 Å². The van der Waals surface area contributed by atoms with Crippen LogP contribution < -0.4 is 9.62 Å². The normalized spacial score (nSPS) is 12.2. The summed E-state index contributed by atoms with van der Waals surface area (Å²) in [6, 6.07) is 18.7. The predicted molar refractivity (Wildman–Crippen MR) is 167 cm³/mol. The fraction of sp³-hybridized carbons (Fsp3) is 0.355. The monoisotopic (exact) mass is 617 g/mol. The fourth-order valence-electron chi connectivity index (χ4n) is 4.49. The van der Waals surface area contributed by atoms with Gasteiger partial charge in [-0.3, -0.25) is 13.9 Å². The number of halogens is 2. The SMILES string of the molecule is Cc1ccc(N(CC(=O)N(Cc2ccc(Cl)cc2Cl)C(Cc2ccccc2)C(=O)NCC(C)C)S(C)(=O)=O)c(C)c1. The highest BCUT2D eigenvalue weighted by Crippen LogP contribution is 2.27. The molecule has 10 heteroatoms. The van der Waals surface area contributed by atoms with Crippen molar-refractivity contribution in [1.82, 2.24) is 10.2 Å². The van der Waals surface area contributed by atoms with Crippen molar-refractivity contribution in [3.8, 4) is 0 Å². The molecule has 0 bridgehead atoms. The Hall–Kier alpha value is -3.07. The van der Waals surface area contributed by atoms with Crippen molar-refractivity contribution in [2.75, 3.05) is 23.7 Å². The Balaban J connectivity index is 2.09. The van der Waals surface area contributed by atoms with Crippen molar-refractivity contribution >= 4 is 50.7 Å². The number of hydrogen-bond acceptors (Lipinski definition) is 4. The Bertz CT molecular complexity index is 1480. The third kappa shape index (κ3) is 9.21. The van der Waals surface area contributed by atoms with E-state index in [-0.39, 0.29) is 24.8 Å². The van der Waals surface area contributed by atoms with E-state index in [1.165, 1.54) is 4.90 Å². The zero-order valence-electron chi connectivity index (χ0n) is 24.0. The van der Waals surface area contributed by atoms with Crippen LogP contribution in [-0.4, -0.2) is 50.5 Å². The van der Waals surface area contributed by atoms with E-state index in [2.05, 4.69) is 5.32 Å². The summed E-state index contributed by atoms with van der Waals surface area (Å²) in [4.78, 5) is 29.3. The molecule has 220 valence electrons. The second-order valence-corrected chi connectivity index (χ2v) is 13.4. The Kier molecular flexibility index (Phi) is 11.2. The Morgan fingerprint density at radius 2 is 1.63 bits per heavy atom. The smallest absolute Gasteiger partial charge is 0.244 e. The molecule has 0 aliphatic rings. The van der Waals surface area contributed by atoms with Gasteiger partial charge in [-0.2, -0.15) is 0 Å². The third-order valence-corrected chi connectivity index (χ3v) is 8.33. The maximum Gasteiger partial charge on any atom is 0.244 e. The van der Waals surface area contributed by atoms with Gasteiger partial charge in [0.1, 0.15) is 12.6 Å². The minimum absolute atomic E-state index is 0.0219. The van der Waals surface area contributed by atoms with Gasteiger partial charge in [-0.25, -0.2) is 8.42 Å². The highest BCUT2D eigenvalue weighted by Gasteiger charge is 2.33. The first-order valence-corrected chi connectivity index (χ1v) is 16.0. The Morgan fingerprint density at radius 1 is 0.951 bits per heavy atom. The number of anilines is 1. The standard InChI is InChI=1S/C31H37Cl2N3O4S/c1-21(2)18-34-31(38)29(16-24-9-7-6-8-10-24)35(19-25-12-13-26(32)17-27(25)33)30(37)20-36(41(5,39)40)28-14-11-22(3)15-23(28)4/h6-15,17,21,29H,16,18-20H2,1-5H3,(H,34,38). The van der Waals surface area contributed by atoms with E-state index in [0.29, 0.717) is 33.4 Å². The summed E-state index contributed by atoms with van der Waals surface area (Å²) in [6.45, 7) is 7.59. The highest BCUT2D eigenvalue weighted by atomic mass is 35.5. The van der Waals surface area contributed by atoms with Crippen LogP contribution >= 0.6 is 23.2 Å². The van der Waals surface area contributed by atoms with Crippen molar-refractivity contribution in [2.45, 2.75) is 46.7 Å². The van der Waals surface area contributed by atoms with Crippen molar-refractivity contribution in [1.29, 1.82) is 0 Å². The minimum atomic E-state index is -3.85.